The summed E-state index contributed by atoms with van der Waals surface area (Å²) in [7, 11) is -3.78. The van der Waals surface area contributed by atoms with E-state index in [4.69, 9.17) is 0 Å². The van der Waals surface area contributed by atoms with Crippen molar-refractivity contribution in [2.45, 2.75) is 11.3 Å². The first-order valence-electron chi connectivity index (χ1n) is 9.30. The minimum Gasteiger partial charge on any atom is -0.280 e. The number of fused-ring (bicyclic) bond motifs is 5. The number of carbonyl (C=O) groups is 2. The molecule has 148 valence electrons. The number of imide groups is 1. The van der Waals surface area contributed by atoms with E-state index in [0.29, 0.717) is 11.4 Å². The van der Waals surface area contributed by atoms with Gasteiger partial charge in [0.2, 0.25) is 11.8 Å². The Labute approximate surface area is 176 Å². The molecule has 1 saturated carbocycles. The van der Waals surface area contributed by atoms with Crippen molar-refractivity contribution in [1.29, 1.82) is 0 Å². The molecule has 0 spiro atoms. The predicted molar refractivity (Wildman–Crippen MR) is 112 cm³/mol. The number of nitrogens with zero attached hydrogens (tertiary/aromatic N) is 1. The Bertz CT molecular complexity index is 1110. The first kappa shape index (κ1) is 18.6. The Kier molecular flexibility index (Phi) is 4.18. The molecule has 1 aliphatic heterocycles. The van der Waals surface area contributed by atoms with Crippen LogP contribution < -0.4 is 9.62 Å². The zero-order chi connectivity index (χ0) is 20.3. The van der Waals surface area contributed by atoms with Crippen LogP contribution >= 0.6 is 15.9 Å². The van der Waals surface area contributed by atoms with E-state index in [1.807, 2.05) is 12.2 Å². The summed E-state index contributed by atoms with van der Waals surface area (Å²) in [6.07, 6.45) is 4.97. The molecule has 2 amide bonds. The SMILES string of the molecule is O=C1C2C(C(=O)N1c1ccc(S(=O)(=O)Nc3ccc(Br)cc3)cc1)[C@H]1C=C[C@@H]2C1. The van der Waals surface area contributed by atoms with Crippen molar-refractivity contribution < 1.29 is 18.0 Å². The number of hydrogen-bond donors (Lipinski definition) is 1. The summed E-state index contributed by atoms with van der Waals surface area (Å²) in [6.45, 7) is 0. The van der Waals surface area contributed by atoms with Crippen LogP contribution in [0.25, 0.3) is 0 Å². The molecule has 0 radical (unpaired) electrons. The van der Waals surface area contributed by atoms with Gasteiger partial charge in [0.1, 0.15) is 0 Å². The zero-order valence-electron chi connectivity index (χ0n) is 15.2. The van der Waals surface area contributed by atoms with E-state index >= 15 is 0 Å². The van der Waals surface area contributed by atoms with Crippen LogP contribution in [-0.4, -0.2) is 20.2 Å². The monoisotopic (exact) mass is 472 g/mol. The fraction of sp³-hybridized carbons (Fsp3) is 0.238. The van der Waals surface area contributed by atoms with Crippen molar-refractivity contribution in [3.8, 4) is 0 Å². The van der Waals surface area contributed by atoms with Gasteiger partial charge in [-0.05, 0) is 66.8 Å². The molecule has 6 nitrogen and oxygen atoms in total. The number of hydrogen-bond acceptors (Lipinski definition) is 4. The summed E-state index contributed by atoms with van der Waals surface area (Å²) in [5.41, 5.74) is 0.856. The standard InChI is InChI=1S/C21H17BrN2O4S/c22-14-3-5-15(6-4-14)23-29(27,28)17-9-7-16(8-10-17)24-20(25)18-12-1-2-13(11-12)19(18)21(24)26/h1-10,12-13,18-19,23H,11H2/t12-,13+,18?,19?. The lowest BCUT2D eigenvalue weighted by atomic mass is 9.85. The van der Waals surface area contributed by atoms with E-state index in [1.54, 1.807) is 24.3 Å². The Morgan fingerprint density at radius 3 is 1.97 bits per heavy atom. The third-order valence-electron chi connectivity index (χ3n) is 5.97. The molecule has 8 heteroatoms. The lowest BCUT2D eigenvalue weighted by Crippen LogP contribution is -2.32. The molecule has 2 bridgehead atoms. The van der Waals surface area contributed by atoms with Gasteiger partial charge in [0.15, 0.2) is 0 Å². The molecule has 2 unspecified atom stereocenters. The third-order valence-corrected chi connectivity index (χ3v) is 7.90. The normalized spacial score (nSPS) is 27.6. The van der Waals surface area contributed by atoms with E-state index in [-0.39, 0.29) is 40.4 Å². The molecule has 2 fully saturated rings. The average Bonchev–Trinajstić information content (AvgIpc) is 3.37. The lowest BCUT2D eigenvalue weighted by Gasteiger charge is -2.17. The minimum absolute atomic E-state index is 0.0604. The maximum atomic E-state index is 12.9. The van der Waals surface area contributed by atoms with Gasteiger partial charge in [0.25, 0.3) is 10.0 Å². The van der Waals surface area contributed by atoms with Gasteiger partial charge in [-0.25, -0.2) is 8.42 Å². The van der Waals surface area contributed by atoms with E-state index in [0.717, 1.165) is 10.9 Å². The Balaban J connectivity index is 1.39. The first-order chi connectivity index (χ1) is 13.8. The van der Waals surface area contributed by atoms with Crippen molar-refractivity contribution in [3.63, 3.8) is 0 Å². The van der Waals surface area contributed by atoms with E-state index in [1.165, 1.54) is 29.2 Å². The Morgan fingerprint density at radius 1 is 0.862 bits per heavy atom. The molecule has 2 aliphatic carbocycles. The van der Waals surface area contributed by atoms with Gasteiger partial charge >= 0.3 is 0 Å². The van der Waals surface area contributed by atoms with Gasteiger partial charge in [-0.1, -0.05) is 28.1 Å². The largest absolute Gasteiger partial charge is 0.280 e. The van der Waals surface area contributed by atoms with Crippen LogP contribution in [0.4, 0.5) is 11.4 Å². The summed E-state index contributed by atoms with van der Waals surface area (Å²) < 4.78 is 28.6. The van der Waals surface area contributed by atoms with E-state index in [2.05, 4.69) is 20.7 Å². The topological polar surface area (TPSA) is 83.6 Å². The number of anilines is 2. The quantitative estimate of drug-likeness (QED) is 0.544. The molecule has 29 heavy (non-hydrogen) atoms. The van der Waals surface area contributed by atoms with Crippen LogP contribution in [0.1, 0.15) is 6.42 Å². The molecule has 2 aromatic carbocycles. The summed E-state index contributed by atoms with van der Waals surface area (Å²) >= 11 is 3.31. The van der Waals surface area contributed by atoms with Crippen LogP contribution in [0.5, 0.6) is 0 Å². The number of benzene rings is 2. The maximum absolute atomic E-state index is 12.9. The van der Waals surface area contributed by atoms with Crippen molar-refractivity contribution in [3.05, 3.63) is 65.2 Å². The maximum Gasteiger partial charge on any atom is 0.261 e. The molecule has 0 aromatic heterocycles. The highest BCUT2D eigenvalue weighted by Gasteiger charge is 2.59. The lowest BCUT2D eigenvalue weighted by molar-refractivity contribution is -0.123. The molecular formula is C21H17BrN2O4S. The Hall–Kier alpha value is -2.45. The van der Waals surface area contributed by atoms with Crippen LogP contribution in [0.15, 0.2) is 70.1 Å². The summed E-state index contributed by atoms with van der Waals surface area (Å²) in [5, 5.41) is 0. The van der Waals surface area contributed by atoms with Gasteiger partial charge in [-0.2, -0.15) is 0 Å². The summed E-state index contributed by atoms with van der Waals surface area (Å²) in [5.74, 6) is -0.636. The van der Waals surface area contributed by atoms with Crippen LogP contribution in [0.3, 0.4) is 0 Å². The average molecular weight is 473 g/mol. The summed E-state index contributed by atoms with van der Waals surface area (Å²) in [4.78, 5) is 27.0. The highest BCUT2D eigenvalue weighted by atomic mass is 79.9. The molecular weight excluding hydrogens is 456 g/mol. The number of rotatable bonds is 4. The molecule has 2 aromatic rings. The smallest absolute Gasteiger partial charge is 0.261 e. The fourth-order valence-electron chi connectivity index (χ4n) is 4.66. The van der Waals surface area contributed by atoms with E-state index in [9.17, 15) is 18.0 Å². The van der Waals surface area contributed by atoms with Gasteiger partial charge in [0, 0.05) is 10.2 Å². The number of halogens is 1. The number of sulfonamides is 1. The molecule has 4 atom stereocenters. The van der Waals surface area contributed by atoms with Crippen molar-refractivity contribution >= 4 is 49.1 Å². The van der Waals surface area contributed by atoms with Crippen LogP contribution in [-0.2, 0) is 19.6 Å². The van der Waals surface area contributed by atoms with E-state index < -0.39 is 10.0 Å². The number of allylic oxidation sites excluding steroid dienone is 2. The Morgan fingerprint density at radius 2 is 1.41 bits per heavy atom. The fourth-order valence-corrected chi connectivity index (χ4v) is 5.99. The molecule has 5 rings (SSSR count). The first-order valence-corrected chi connectivity index (χ1v) is 11.6. The third kappa shape index (κ3) is 2.93. The number of amides is 2. The second-order valence-corrected chi connectivity index (χ2v) is 10.2. The summed E-state index contributed by atoms with van der Waals surface area (Å²) in [6, 6.07) is 12.6. The highest BCUT2D eigenvalue weighted by molar-refractivity contribution is 9.10. The van der Waals surface area contributed by atoms with Crippen LogP contribution in [0, 0.1) is 23.7 Å². The second kappa shape index (κ2) is 6.53. The predicted octanol–water partition coefficient (Wildman–Crippen LogP) is 3.56. The van der Waals surface area contributed by atoms with Gasteiger partial charge in [-0.3, -0.25) is 19.2 Å². The second-order valence-electron chi connectivity index (χ2n) is 7.62. The minimum atomic E-state index is -3.78. The van der Waals surface area contributed by atoms with Crippen molar-refractivity contribution in [2.75, 3.05) is 9.62 Å². The van der Waals surface area contributed by atoms with Crippen LogP contribution in [0.2, 0.25) is 0 Å². The van der Waals surface area contributed by atoms with Gasteiger partial charge in [-0.15, -0.1) is 0 Å². The number of nitrogens with one attached hydrogen (secondary N) is 1. The van der Waals surface area contributed by atoms with Crippen molar-refractivity contribution in [2.24, 2.45) is 23.7 Å². The molecule has 1 N–H and O–H groups in total. The highest BCUT2D eigenvalue weighted by Crippen LogP contribution is 2.53. The van der Waals surface area contributed by atoms with Gasteiger partial charge < -0.3 is 0 Å². The zero-order valence-corrected chi connectivity index (χ0v) is 17.6. The molecule has 1 heterocycles. The molecule has 3 aliphatic rings. The number of carbonyl (C=O) groups excluding carboxylic acids is 2. The van der Waals surface area contributed by atoms with Gasteiger partial charge in [0.05, 0.1) is 22.4 Å². The van der Waals surface area contributed by atoms with Crippen molar-refractivity contribution in [1.82, 2.24) is 0 Å². The molecule has 1 saturated heterocycles.